The summed E-state index contributed by atoms with van der Waals surface area (Å²) < 4.78 is 6.45. The van der Waals surface area contributed by atoms with Crippen LogP contribution in [0.5, 0.6) is 5.75 Å². The molecule has 90 valence electrons. The predicted molar refractivity (Wildman–Crippen MR) is 74.6 cm³/mol. The maximum atomic E-state index is 8.87. The first-order valence-electron chi connectivity index (χ1n) is 5.26. The highest BCUT2D eigenvalue weighted by molar-refractivity contribution is 9.10. The van der Waals surface area contributed by atoms with Crippen molar-refractivity contribution in [2.24, 2.45) is 0 Å². The van der Waals surface area contributed by atoms with Gasteiger partial charge in [-0.1, -0.05) is 45.7 Å². The van der Waals surface area contributed by atoms with E-state index < -0.39 is 0 Å². The molecular weight excluding hydrogens is 314 g/mol. The van der Waals surface area contributed by atoms with Crippen molar-refractivity contribution in [1.82, 2.24) is 0 Å². The van der Waals surface area contributed by atoms with E-state index >= 15 is 0 Å². The van der Waals surface area contributed by atoms with E-state index in [4.69, 9.17) is 21.6 Å². The minimum atomic E-state index is 0.376. The van der Waals surface area contributed by atoms with E-state index in [0.717, 1.165) is 10.0 Å². The predicted octanol–water partition coefficient (Wildman–Crippen LogP) is 4.55. The van der Waals surface area contributed by atoms with Crippen LogP contribution in [-0.2, 0) is 6.61 Å². The second-order valence-electron chi connectivity index (χ2n) is 3.67. The van der Waals surface area contributed by atoms with Gasteiger partial charge in [-0.3, -0.25) is 0 Å². The lowest BCUT2D eigenvalue weighted by atomic mass is 10.2. The fourth-order valence-corrected chi connectivity index (χ4v) is 2.15. The van der Waals surface area contributed by atoms with Crippen LogP contribution >= 0.6 is 27.5 Å². The van der Waals surface area contributed by atoms with E-state index in [1.165, 1.54) is 0 Å². The zero-order valence-electron chi connectivity index (χ0n) is 9.36. The standard InChI is InChI=1S/C14H9BrClNO/c15-12-5-10(8-17)6-13(7-12)18-9-11-3-1-2-4-14(11)16/h1-7H,9H2. The Kier molecular flexibility index (Phi) is 4.24. The summed E-state index contributed by atoms with van der Waals surface area (Å²) >= 11 is 9.38. The Labute approximate surface area is 119 Å². The molecule has 4 heteroatoms. The van der Waals surface area contributed by atoms with Crippen molar-refractivity contribution < 1.29 is 4.74 Å². The summed E-state index contributed by atoms with van der Waals surface area (Å²) in [5.41, 5.74) is 1.47. The van der Waals surface area contributed by atoms with E-state index in [-0.39, 0.29) is 0 Å². The molecule has 0 fully saturated rings. The third kappa shape index (κ3) is 3.25. The van der Waals surface area contributed by atoms with Crippen molar-refractivity contribution in [2.45, 2.75) is 6.61 Å². The fourth-order valence-electron chi connectivity index (χ4n) is 1.49. The van der Waals surface area contributed by atoms with Gasteiger partial charge < -0.3 is 4.74 Å². The van der Waals surface area contributed by atoms with Crippen LogP contribution in [0, 0.1) is 11.3 Å². The highest BCUT2D eigenvalue weighted by atomic mass is 79.9. The van der Waals surface area contributed by atoms with Gasteiger partial charge in [0, 0.05) is 15.1 Å². The Balaban J connectivity index is 2.14. The van der Waals surface area contributed by atoms with Gasteiger partial charge in [0.05, 0.1) is 11.6 Å². The maximum Gasteiger partial charge on any atom is 0.122 e. The lowest BCUT2D eigenvalue weighted by Crippen LogP contribution is -1.96. The number of hydrogen-bond donors (Lipinski definition) is 0. The average molecular weight is 323 g/mol. The van der Waals surface area contributed by atoms with Crippen LogP contribution in [0.4, 0.5) is 0 Å². The molecule has 0 radical (unpaired) electrons. The molecule has 0 aliphatic heterocycles. The molecule has 0 bridgehead atoms. The number of halogens is 2. The van der Waals surface area contributed by atoms with Gasteiger partial charge >= 0.3 is 0 Å². The van der Waals surface area contributed by atoms with E-state index in [0.29, 0.717) is 22.9 Å². The molecule has 0 heterocycles. The van der Waals surface area contributed by atoms with Crippen molar-refractivity contribution in [3.8, 4) is 11.8 Å². The van der Waals surface area contributed by atoms with Gasteiger partial charge in [-0.05, 0) is 24.3 Å². The molecule has 0 aliphatic rings. The Bertz CT molecular complexity index is 607. The van der Waals surface area contributed by atoms with Gasteiger partial charge in [-0.25, -0.2) is 0 Å². The summed E-state index contributed by atoms with van der Waals surface area (Å²) in [7, 11) is 0. The molecule has 0 N–H and O–H groups in total. The van der Waals surface area contributed by atoms with Gasteiger partial charge in [-0.2, -0.15) is 5.26 Å². The minimum Gasteiger partial charge on any atom is -0.489 e. The van der Waals surface area contributed by atoms with Crippen LogP contribution < -0.4 is 4.74 Å². The summed E-state index contributed by atoms with van der Waals surface area (Å²) in [6.07, 6.45) is 0. The third-order valence-electron chi connectivity index (χ3n) is 2.35. The van der Waals surface area contributed by atoms with E-state index in [1.807, 2.05) is 30.3 Å². The Morgan fingerprint density at radius 1 is 1.22 bits per heavy atom. The van der Waals surface area contributed by atoms with Crippen LogP contribution in [-0.4, -0.2) is 0 Å². The largest absolute Gasteiger partial charge is 0.489 e. The molecule has 0 aliphatic carbocycles. The summed E-state index contributed by atoms with van der Waals surface area (Å²) in [6, 6.07) is 14.8. The molecule has 0 saturated carbocycles. The van der Waals surface area contributed by atoms with Gasteiger partial charge in [0.15, 0.2) is 0 Å². The molecular formula is C14H9BrClNO. The van der Waals surface area contributed by atoms with Crippen LogP contribution in [0.2, 0.25) is 5.02 Å². The normalized spacial score (nSPS) is 9.83. The number of benzene rings is 2. The van der Waals surface area contributed by atoms with E-state index in [9.17, 15) is 0 Å². The minimum absolute atomic E-state index is 0.376. The third-order valence-corrected chi connectivity index (χ3v) is 3.18. The maximum absolute atomic E-state index is 8.87. The molecule has 18 heavy (non-hydrogen) atoms. The smallest absolute Gasteiger partial charge is 0.122 e. The zero-order chi connectivity index (χ0) is 13.0. The highest BCUT2D eigenvalue weighted by Crippen LogP contribution is 2.23. The van der Waals surface area contributed by atoms with Crippen molar-refractivity contribution in [1.29, 1.82) is 5.26 Å². The average Bonchev–Trinajstić information content (AvgIpc) is 2.37. The summed E-state index contributed by atoms with van der Waals surface area (Å²) in [6.45, 7) is 0.376. The monoisotopic (exact) mass is 321 g/mol. The van der Waals surface area contributed by atoms with Crippen molar-refractivity contribution >= 4 is 27.5 Å². The van der Waals surface area contributed by atoms with Gasteiger partial charge in [0.2, 0.25) is 0 Å². The summed E-state index contributed by atoms with van der Waals surface area (Å²) in [5, 5.41) is 9.54. The molecule has 2 nitrogen and oxygen atoms in total. The zero-order valence-corrected chi connectivity index (χ0v) is 11.7. The van der Waals surface area contributed by atoms with Crippen LogP contribution in [0.3, 0.4) is 0 Å². The molecule has 2 rings (SSSR count). The molecule has 0 atom stereocenters. The van der Waals surface area contributed by atoms with Crippen LogP contribution in [0.15, 0.2) is 46.9 Å². The van der Waals surface area contributed by atoms with Gasteiger partial charge in [0.1, 0.15) is 12.4 Å². The fraction of sp³-hybridized carbons (Fsp3) is 0.0714. The molecule has 0 amide bonds. The van der Waals surface area contributed by atoms with E-state index in [2.05, 4.69) is 22.0 Å². The SMILES string of the molecule is N#Cc1cc(Br)cc(OCc2ccccc2Cl)c1. The van der Waals surface area contributed by atoms with Crippen LogP contribution in [0.25, 0.3) is 0 Å². The first kappa shape index (κ1) is 12.9. The second-order valence-corrected chi connectivity index (χ2v) is 4.99. The summed E-state index contributed by atoms with van der Waals surface area (Å²) in [4.78, 5) is 0. The molecule has 0 unspecified atom stereocenters. The molecule has 0 saturated heterocycles. The quantitative estimate of drug-likeness (QED) is 0.830. The second kappa shape index (κ2) is 5.90. The van der Waals surface area contributed by atoms with E-state index in [1.54, 1.807) is 12.1 Å². The first-order chi connectivity index (χ1) is 8.69. The number of hydrogen-bond acceptors (Lipinski definition) is 2. The van der Waals surface area contributed by atoms with Crippen molar-refractivity contribution in [2.75, 3.05) is 0 Å². The lowest BCUT2D eigenvalue weighted by Gasteiger charge is -2.08. The Hall–Kier alpha value is -1.50. The first-order valence-corrected chi connectivity index (χ1v) is 6.43. The molecule has 0 spiro atoms. The molecule has 2 aromatic rings. The van der Waals surface area contributed by atoms with Crippen LogP contribution in [0.1, 0.15) is 11.1 Å². The molecule has 2 aromatic carbocycles. The van der Waals surface area contributed by atoms with Gasteiger partial charge in [0.25, 0.3) is 0 Å². The number of nitrogens with zero attached hydrogens (tertiary/aromatic N) is 1. The van der Waals surface area contributed by atoms with Crippen molar-refractivity contribution in [3.63, 3.8) is 0 Å². The number of ether oxygens (including phenoxy) is 1. The highest BCUT2D eigenvalue weighted by Gasteiger charge is 2.03. The topological polar surface area (TPSA) is 33.0 Å². The number of nitriles is 1. The number of rotatable bonds is 3. The van der Waals surface area contributed by atoms with Gasteiger partial charge in [-0.15, -0.1) is 0 Å². The lowest BCUT2D eigenvalue weighted by molar-refractivity contribution is 0.306. The van der Waals surface area contributed by atoms with Crippen molar-refractivity contribution in [3.05, 3.63) is 63.1 Å². The Morgan fingerprint density at radius 3 is 2.72 bits per heavy atom. The molecule has 0 aromatic heterocycles. The summed E-state index contributed by atoms with van der Waals surface area (Å²) in [5.74, 6) is 0.640. The Morgan fingerprint density at radius 2 is 2.00 bits per heavy atom.